The van der Waals surface area contributed by atoms with Crippen LogP contribution in [0.1, 0.15) is 45.1 Å². The number of carbonyl (C=O) groups excluding carboxylic acids is 1. The van der Waals surface area contributed by atoms with Gasteiger partial charge in [0.1, 0.15) is 18.1 Å². The van der Waals surface area contributed by atoms with Gasteiger partial charge in [0.15, 0.2) is 6.10 Å². The molecule has 0 heterocycles. The van der Waals surface area contributed by atoms with Crippen LogP contribution < -0.4 is 14.8 Å². The molecule has 0 aliphatic heterocycles. The normalized spacial score (nSPS) is 12.9. The van der Waals surface area contributed by atoms with Gasteiger partial charge in [-0.05, 0) is 54.7 Å². The molecule has 152 valence electrons. The van der Waals surface area contributed by atoms with Crippen molar-refractivity contribution in [1.29, 1.82) is 0 Å². The van der Waals surface area contributed by atoms with E-state index in [1.807, 2.05) is 49.4 Å². The summed E-state index contributed by atoms with van der Waals surface area (Å²) < 4.78 is 16.6. The summed E-state index contributed by atoms with van der Waals surface area (Å²) in [5.74, 6) is 1.73. The fraction of sp³-hybridized carbons (Fsp3) is 0.435. The third-order valence-electron chi connectivity index (χ3n) is 4.67. The van der Waals surface area contributed by atoms with E-state index in [0.29, 0.717) is 31.2 Å². The second-order valence-electron chi connectivity index (χ2n) is 6.72. The average Bonchev–Trinajstić information content (AvgIpc) is 2.73. The molecular weight excluding hydrogens is 354 g/mol. The highest BCUT2D eigenvalue weighted by atomic mass is 16.5. The van der Waals surface area contributed by atoms with Crippen molar-refractivity contribution in [3.8, 4) is 11.5 Å². The van der Waals surface area contributed by atoms with Crippen LogP contribution in [-0.4, -0.2) is 32.3 Å². The smallest absolute Gasteiger partial charge is 0.265 e. The fourth-order valence-corrected chi connectivity index (χ4v) is 2.79. The van der Waals surface area contributed by atoms with Crippen LogP contribution in [0, 0.1) is 0 Å². The van der Waals surface area contributed by atoms with Crippen molar-refractivity contribution in [2.45, 2.75) is 45.6 Å². The molecule has 0 bridgehead atoms. The summed E-state index contributed by atoms with van der Waals surface area (Å²) in [7, 11) is 1.63. The molecular formula is C23H31NO4. The van der Waals surface area contributed by atoms with Crippen LogP contribution in [0.4, 0.5) is 5.69 Å². The summed E-state index contributed by atoms with van der Waals surface area (Å²) >= 11 is 0. The first-order chi connectivity index (χ1) is 13.6. The molecule has 0 spiro atoms. The highest BCUT2D eigenvalue weighted by molar-refractivity contribution is 5.94. The van der Waals surface area contributed by atoms with Crippen molar-refractivity contribution >= 4 is 11.6 Å². The standard InChI is InChI=1S/C23H31NO4/c1-5-17(3)20-9-7-8-10-22(20)28-21(6-2)23(25)24-18-11-13-19(14-12-18)27-16-15-26-4/h7-14,17,21H,5-6,15-16H2,1-4H3,(H,24,25). The number of methoxy groups -OCH3 is 1. The Bertz CT molecular complexity index is 730. The minimum atomic E-state index is -0.553. The second kappa shape index (κ2) is 11.3. The maximum absolute atomic E-state index is 12.7. The lowest BCUT2D eigenvalue weighted by atomic mass is 9.98. The van der Waals surface area contributed by atoms with Gasteiger partial charge in [-0.3, -0.25) is 4.79 Å². The van der Waals surface area contributed by atoms with Crippen molar-refractivity contribution in [2.24, 2.45) is 0 Å². The zero-order valence-electron chi connectivity index (χ0n) is 17.2. The first-order valence-electron chi connectivity index (χ1n) is 9.87. The van der Waals surface area contributed by atoms with E-state index in [9.17, 15) is 4.79 Å². The second-order valence-corrected chi connectivity index (χ2v) is 6.72. The van der Waals surface area contributed by atoms with E-state index in [1.165, 1.54) is 0 Å². The molecule has 0 aromatic heterocycles. The van der Waals surface area contributed by atoms with Crippen LogP contribution in [-0.2, 0) is 9.53 Å². The first kappa shape index (κ1) is 21.8. The monoisotopic (exact) mass is 385 g/mol. The van der Waals surface area contributed by atoms with Gasteiger partial charge in [-0.25, -0.2) is 0 Å². The van der Waals surface area contributed by atoms with Gasteiger partial charge in [-0.15, -0.1) is 0 Å². The Morgan fingerprint density at radius 2 is 1.71 bits per heavy atom. The molecule has 2 aromatic carbocycles. The van der Waals surface area contributed by atoms with Gasteiger partial charge in [0, 0.05) is 12.8 Å². The van der Waals surface area contributed by atoms with Gasteiger partial charge in [-0.1, -0.05) is 39.0 Å². The Morgan fingerprint density at radius 3 is 2.36 bits per heavy atom. The van der Waals surface area contributed by atoms with Crippen LogP contribution in [0.3, 0.4) is 0 Å². The molecule has 5 nitrogen and oxygen atoms in total. The number of nitrogens with one attached hydrogen (secondary N) is 1. The van der Waals surface area contributed by atoms with Crippen molar-refractivity contribution in [3.05, 3.63) is 54.1 Å². The zero-order valence-corrected chi connectivity index (χ0v) is 17.2. The maximum Gasteiger partial charge on any atom is 0.265 e. The van der Waals surface area contributed by atoms with Crippen LogP contribution in [0.2, 0.25) is 0 Å². The van der Waals surface area contributed by atoms with Crippen molar-refractivity contribution in [2.75, 3.05) is 25.6 Å². The predicted molar refractivity (Wildman–Crippen MR) is 112 cm³/mol. The van der Waals surface area contributed by atoms with Crippen LogP contribution in [0.15, 0.2) is 48.5 Å². The number of carbonyl (C=O) groups is 1. The average molecular weight is 386 g/mol. The molecule has 2 aromatic rings. The van der Waals surface area contributed by atoms with Crippen molar-refractivity contribution in [3.63, 3.8) is 0 Å². The Morgan fingerprint density at radius 1 is 1.00 bits per heavy atom. The lowest BCUT2D eigenvalue weighted by Gasteiger charge is -2.21. The van der Waals surface area contributed by atoms with E-state index in [0.717, 1.165) is 23.5 Å². The molecule has 0 radical (unpaired) electrons. The third-order valence-corrected chi connectivity index (χ3v) is 4.67. The van der Waals surface area contributed by atoms with Gasteiger partial charge < -0.3 is 19.5 Å². The zero-order chi connectivity index (χ0) is 20.4. The number of anilines is 1. The topological polar surface area (TPSA) is 56.8 Å². The van der Waals surface area contributed by atoms with Gasteiger partial charge in [0.05, 0.1) is 6.61 Å². The summed E-state index contributed by atoms with van der Waals surface area (Å²) in [5.41, 5.74) is 1.84. The molecule has 28 heavy (non-hydrogen) atoms. The lowest BCUT2D eigenvalue weighted by Crippen LogP contribution is -2.32. The number of amides is 1. The van der Waals surface area contributed by atoms with Gasteiger partial charge in [0.2, 0.25) is 0 Å². The van der Waals surface area contributed by atoms with E-state index >= 15 is 0 Å². The molecule has 0 aliphatic rings. The predicted octanol–water partition coefficient (Wildman–Crippen LogP) is 5.02. The van der Waals surface area contributed by atoms with E-state index in [4.69, 9.17) is 14.2 Å². The van der Waals surface area contributed by atoms with Gasteiger partial charge in [0.25, 0.3) is 5.91 Å². The number of ether oxygens (including phenoxy) is 3. The minimum Gasteiger partial charge on any atom is -0.491 e. The number of hydrogen-bond acceptors (Lipinski definition) is 4. The molecule has 0 fully saturated rings. The summed E-state index contributed by atoms with van der Waals surface area (Å²) in [5, 5.41) is 2.93. The number of rotatable bonds is 11. The van der Waals surface area contributed by atoms with Gasteiger partial charge >= 0.3 is 0 Å². The summed E-state index contributed by atoms with van der Waals surface area (Å²) in [6, 6.07) is 15.2. The SMILES string of the molecule is CCC(Oc1ccccc1C(C)CC)C(=O)Nc1ccc(OCCOC)cc1. The van der Waals surface area contributed by atoms with E-state index in [-0.39, 0.29) is 5.91 Å². The molecule has 0 saturated heterocycles. The molecule has 0 aliphatic carbocycles. The highest BCUT2D eigenvalue weighted by Crippen LogP contribution is 2.29. The molecule has 1 amide bonds. The van der Waals surface area contributed by atoms with E-state index in [1.54, 1.807) is 7.11 Å². The van der Waals surface area contributed by atoms with Crippen molar-refractivity contribution in [1.82, 2.24) is 0 Å². The first-order valence-corrected chi connectivity index (χ1v) is 9.87. The molecule has 1 N–H and O–H groups in total. The summed E-state index contributed by atoms with van der Waals surface area (Å²) in [6.07, 6.45) is 1.05. The van der Waals surface area contributed by atoms with Gasteiger partial charge in [-0.2, -0.15) is 0 Å². The number of hydrogen-bond donors (Lipinski definition) is 1. The van der Waals surface area contributed by atoms with Crippen LogP contribution in [0.5, 0.6) is 11.5 Å². The van der Waals surface area contributed by atoms with Crippen LogP contribution >= 0.6 is 0 Å². The summed E-state index contributed by atoms with van der Waals surface area (Å²) in [4.78, 5) is 12.7. The van der Waals surface area contributed by atoms with Crippen molar-refractivity contribution < 1.29 is 19.0 Å². The molecule has 2 atom stereocenters. The Kier molecular flexibility index (Phi) is 8.82. The number of para-hydroxylation sites is 1. The molecule has 5 heteroatoms. The third kappa shape index (κ3) is 6.27. The fourth-order valence-electron chi connectivity index (χ4n) is 2.79. The van der Waals surface area contributed by atoms with Crippen LogP contribution in [0.25, 0.3) is 0 Å². The highest BCUT2D eigenvalue weighted by Gasteiger charge is 2.21. The Balaban J connectivity index is 2.00. The largest absolute Gasteiger partial charge is 0.491 e. The lowest BCUT2D eigenvalue weighted by molar-refractivity contribution is -0.122. The van der Waals surface area contributed by atoms with E-state index < -0.39 is 6.10 Å². The van der Waals surface area contributed by atoms with E-state index in [2.05, 4.69) is 25.2 Å². The molecule has 2 unspecified atom stereocenters. The number of benzene rings is 2. The Labute approximate surface area is 168 Å². The maximum atomic E-state index is 12.7. The molecule has 0 saturated carbocycles. The molecule has 2 rings (SSSR count). The Hall–Kier alpha value is -2.53. The quantitative estimate of drug-likeness (QED) is 0.552. The summed E-state index contributed by atoms with van der Waals surface area (Å²) in [6.45, 7) is 7.28. The minimum absolute atomic E-state index is 0.158.